The van der Waals surface area contributed by atoms with Crippen LogP contribution in [-0.4, -0.2) is 31.1 Å². The van der Waals surface area contributed by atoms with E-state index in [4.69, 9.17) is 5.73 Å². The molecule has 1 aliphatic heterocycles. The molecule has 2 N–H and O–H groups in total. The van der Waals surface area contributed by atoms with E-state index in [9.17, 15) is 0 Å². The summed E-state index contributed by atoms with van der Waals surface area (Å²) in [6.07, 6.45) is 0.988. The summed E-state index contributed by atoms with van der Waals surface area (Å²) < 4.78 is 0. The van der Waals surface area contributed by atoms with Crippen molar-refractivity contribution in [3.05, 3.63) is 29.3 Å². The van der Waals surface area contributed by atoms with Crippen molar-refractivity contribution in [3.8, 4) is 0 Å². The zero-order chi connectivity index (χ0) is 11.4. The summed E-state index contributed by atoms with van der Waals surface area (Å²) in [7, 11) is 0. The molecule has 2 nitrogen and oxygen atoms in total. The molecule has 1 saturated heterocycles. The van der Waals surface area contributed by atoms with Crippen LogP contribution in [0.1, 0.15) is 11.1 Å². The SMILES string of the molecule is Cc1cc(N2CCSCC2)ccc1CCN. The number of nitrogens with zero attached hydrogens (tertiary/aromatic N) is 1. The smallest absolute Gasteiger partial charge is 0.0369 e. The Balaban J connectivity index is 2.13. The summed E-state index contributed by atoms with van der Waals surface area (Å²) in [5.41, 5.74) is 9.73. The first kappa shape index (κ1) is 11.8. The predicted molar refractivity (Wildman–Crippen MR) is 73.5 cm³/mol. The second kappa shape index (κ2) is 5.60. The van der Waals surface area contributed by atoms with Crippen molar-refractivity contribution in [2.45, 2.75) is 13.3 Å². The number of anilines is 1. The molecule has 2 rings (SSSR count). The van der Waals surface area contributed by atoms with E-state index in [1.165, 1.54) is 41.4 Å². The van der Waals surface area contributed by atoms with Crippen molar-refractivity contribution in [2.24, 2.45) is 5.73 Å². The van der Waals surface area contributed by atoms with Crippen LogP contribution in [0.4, 0.5) is 5.69 Å². The quantitative estimate of drug-likeness (QED) is 0.871. The minimum Gasteiger partial charge on any atom is -0.370 e. The average Bonchev–Trinajstić information content (AvgIpc) is 2.33. The molecular formula is C13H20N2S. The number of hydrogen-bond acceptors (Lipinski definition) is 3. The Morgan fingerprint density at radius 1 is 1.31 bits per heavy atom. The van der Waals surface area contributed by atoms with E-state index >= 15 is 0 Å². The number of thioether (sulfide) groups is 1. The molecule has 0 atom stereocenters. The molecule has 1 heterocycles. The second-order valence-electron chi connectivity index (χ2n) is 4.25. The molecular weight excluding hydrogens is 216 g/mol. The van der Waals surface area contributed by atoms with Crippen molar-refractivity contribution >= 4 is 17.4 Å². The van der Waals surface area contributed by atoms with E-state index in [-0.39, 0.29) is 0 Å². The number of nitrogens with two attached hydrogens (primary N) is 1. The van der Waals surface area contributed by atoms with Crippen molar-refractivity contribution in [1.82, 2.24) is 0 Å². The fourth-order valence-electron chi connectivity index (χ4n) is 2.13. The third-order valence-electron chi connectivity index (χ3n) is 3.12. The normalized spacial score (nSPS) is 16.5. The van der Waals surface area contributed by atoms with Crippen molar-refractivity contribution in [3.63, 3.8) is 0 Å². The third-order valence-corrected chi connectivity index (χ3v) is 4.06. The third kappa shape index (κ3) is 2.71. The molecule has 0 aromatic heterocycles. The number of hydrogen-bond donors (Lipinski definition) is 1. The maximum atomic E-state index is 5.60. The molecule has 88 valence electrons. The van der Waals surface area contributed by atoms with Crippen LogP contribution in [0.25, 0.3) is 0 Å². The molecule has 1 fully saturated rings. The van der Waals surface area contributed by atoms with Crippen molar-refractivity contribution in [2.75, 3.05) is 36.0 Å². The van der Waals surface area contributed by atoms with E-state index in [1.54, 1.807) is 0 Å². The molecule has 1 aromatic rings. The standard InChI is InChI=1S/C13H20N2S/c1-11-10-13(3-2-12(11)4-5-14)15-6-8-16-9-7-15/h2-3,10H,4-9,14H2,1H3. The summed E-state index contributed by atoms with van der Waals surface area (Å²) in [6.45, 7) is 5.29. The van der Waals surface area contributed by atoms with Gasteiger partial charge in [0.1, 0.15) is 0 Å². The van der Waals surface area contributed by atoms with Crippen LogP contribution >= 0.6 is 11.8 Å². The monoisotopic (exact) mass is 236 g/mol. The lowest BCUT2D eigenvalue weighted by Gasteiger charge is -2.29. The lowest BCUT2D eigenvalue weighted by atomic mass is 10.0. The first-order chi connectivity index (χ1) is 7.81. The molecule has 1 aromatic carbocycles. The molecule has 0 radical (unpaired) electrons. The van der Waals surface area contributed by atoms with E-state index in [0.717, 1.165) is 13.0 Å². The molecule has 0 bridgehead atoms. The Hall–Kier alpha value is -0.670. The maximum absolute atomic E-state index is 5.60. The van der Waals surface area contributed by atoms with Crippen LogP contribution in [0.2, 0.25) is 0 Å². The first-order valence-corrected chi connectivity index (χ1v) is 7.09. The van der Waals surface area contributed by atoms with Crippen molar-refractivity contribution in [1.29, 1.82) is 0 Å². The van der Waals surface area contributed by atoms with Gasteiger partial charge in [-0.2, -0.15) is 11.8 Å². The van der Waals surface area contributed by atoms with Gasteiger partial charge in [-0.1, -0.05) is 6.07 Å². The van der Waals surface area contributed by atoms with Gasteiger partial charge in [-0.3, -0.25) is 0 Å². The summed E-state index contributed by atoms with van der Waals surface area (Å²) >= 11 is 2.05. The fraction of sp³-hybridized carbons (Fsp3) is 0.538. The number of aryl methyl sites for hydroxylation is 1. The van der Waals surface area contributed by atoms with Crippen LogP contribution in [-0.2, 0) is 6.42 Å². The van der Waals surface area contributed by atoms with Gasteiger partial charge in [-0.15, -0.1) is 0 Å². The summed E-state index contributed by atoms with van der Waals surface area (Å²) in [5, 5.41) is 0. The summed E-state index contributed by atoms with van der Waals surface area (Å²) in [6, 6.07) is 6.79. The van der Waals surface area contributed by atoms with Gasteiger partial charge in [0.25, 0.3) is 0 Å². The molecule has 0 spiro atoms. The van der Waals surface area contributed by atoms with Gasteiger partial charge in [-0.05, 0) is 43.1 Å². The highest BCUT2D eigenvalue weighted by Gasteiger charge is 2.11. The highest BCUT2D eigenvalue weighted by Crippen LogP contribution is 2.22. The van der Waals surface area contributed by atoms with Crippen LogP contribution in [0.5, 0.6) is 0 Å². The van der Waals surface area contributed by atoms with Gasteiger partial charge in [0.05, 0.1) is 0 Å². The Bertz CT molecular complexity index is 346. The zero-order valence-electron chi connectivity index (χ0n) is 9.91. The van der Waals surface area contributed by atoms with Crippen LogP contribution < -0.4 is 10.6 Å². The number of benzene rings is 1. The Morgan fingerprint density at radius 2 is 2.06 bits per heavy atom. The van der Waals surface area contributed by atoms with Crippen LogP contribution in [0.15, 0.2) is 18.2 Å². The molecule has 16 heavy (non-hydrogen) atoms. The van der Waals surface area contributed by atoms with E-state index in [0.29, 0.717) is 0 Å². The minimum absolute atomic E-state index is 0.737. The predicted octanol–water partition coefficient (Wildman–Crippen LogP) is 2.05. The van der Waals surface area contributed by atoms with Gasteiger partial charge in [0.2, 0.25) is 0 Å². The lowest BCUT2D eigenvalue weighted by Crippen LogP contribution is -2.32. The van der Waals surface area contributed by atoms with Crippen molar-refractivity contribution < 1.29 is 0 Å². The molecule has 1 aliphatic rings. The number of rotatable bonds is 3. The van der Waals surface area contributed by atoms with E-state index < -0.39 is 0 Å². The Morgan fingerprint density at radius 3 is 2.69 bits per heavy atom. The molecule has 0 amide bonds. The Labute approximate surface area is 102 Å². The summed E-state index contributed by atoms with van der Waals surface area (Å²) in [5.74, 6) is 2.51. The lowest BCUT2D eigenvalue weighted by molar-refractivity contribution is 0.856. The minimum atomic E-state index is 0.737. The topological polar surface area (TPSA) is 29.3 Å². The highest BCUT2D eigenvalue weighted by molar-refractivity contribution is 7.99. The van der Waals surface area contributed by atoms with E-state index in [2.05, 4.69) is 41.8 Å². The molecule has 0 unspecified atom stereocenters. The van der Waals surface area contributed by atoms with Gasteiger partial charge < -0.3 is 10.6 Å². The fourth-order valence-corrected chi connectivity index (χ4v) is 3.04. The van der Waals surface area contributed by atoms with Crippen LogP contribution in [0, 0.1) is 6.92 Å². The molecule has 0 saturated carbocycles. The maximum Gasteiger partial charge on any atom is 0.0369 e. The van der Waals surface area contributed by atoms with Gasteiger partial charge >= 0.3 is 0 Å². The molecule has 3 heteroatoms. The second-order valence-corrected chi connectivity index (χ2v) is 5.47. The Kier molecular flexibility index (Phi) is 4.13. The highest BCUT2D eigenvalue weighted by atomic mass is 32.2. The summed E-state index contributed by atoms with van der Waals surface area (Å²) in [4.78, 5) is 2.48. The zero-order valence-corrected chi connectivity index (χ0v) is 10.7. The van der Waals surface area contributed by atoms with Gasteiger partial charge in [0, 0.05) is 30.3 Å². The first-order valence-electron chi connectivity index (χ1n) is 5.93. The average molecular weight is 236 g/mol. The van der Waals surface area contributed by atoms with Crippen LogP contribution in [0.3, 0.4) is 0 Å². The van der Waals surface area contributed by atoms with E-state index in [1.807, 2.05) is 0 Å². The molecule has 0 aliphatic carbocycles. The van der Waals surface area contributed by atoms with Gasteiger partial charge in [-0.25, -0.2) is 0 Å². The largest absolute Gasteiger partial charge is 0.370 e. The van der Waals surface area contributed by atoms with Gasteiger partial charge in [0.15, 0.2) is 0 Å².